The number of halogens is 1. The summed E-state index contributed by atoms with van der Waals surface area (Å²) in [5.41, 5.74) is 0.236. The Morgan fingerprint density at radius 3 is 2.47 bits per heavy atom. The quantitative estimate of drug-likeness (QED) is 0.533. The van der Waals surface area contributed by atoms with Crippen LogP contribution in [-0.2, 0) is 0 Å². The third-order valence-electron chi connectivity index (χ3n) is 3.01. The summed E-state index contributed by atoms with van der Waals surface area (Å²) in [5.74, 6) is -0.394. The topological polar surface area (TPSA) is 49.7 Å². The van der Waals surface area contributed by atoms with E-state index in [4.69, 9.17) is 14.8 Å². The molecule has 0 aromatic heterocycles. The highest BCUT2D eigenvalue weighted by molar-refractivity contribution is 6.58. The zero-order valence-electron chi connectivity index (χ0n) is 11.4. The zero-order chi connectivity index (χ0) is 14.1. The van der Waals surface area contributed by atoms with E-state index in [0.717, 1.165) is 12.8 Å². The minimum Gasteiger partial charge on any atom is -0.491 e. The number of benzene rings is 1. The second-order valence-electron chi connectivity index (χ2n) is 4.68. The van der Waals surface area contributed by atoms with Crippen LogP contribution >= 0.6 is 0 Å². The number of hydrogen-bond acceptors (Lipinski definition) is 3. The lowest BCUT2D eigenvalue weighted by atomic mass is 9.80. The molecule has 0 heterocycles. The maximum Gasteiger partial charge on any atom is 0.488 e. The predicted octanol–water partition coefficient (Wildman–Crippen LogP) is 2.24. The average molecular weight is 268 g/mol. The van der Waals surface area contributed by atoms with E-state index in [1.165, 1.54) is 43.9 Å². The molecule has 0 unspecified atom stereocenters. The predicted molar refractivity (Wildman–Crippen MR) is 75.1 cm³/mol. The summed E-state index contributed by atoms with van der Waals surface area (Å²) in [6, 6.07) is 3.85. The van der Waals surface area contributed by atoms with Gasteiger partial charge >= 0.3 is 7.12 Å². The third kappa shape index (κ3) is 6.08. The van der Waals surface area contributed by atoms with E-state index in [1.807, 2.05) is 0 Å². The maximum atomic E-state index is 13.4. The van der Waals surface area contributed by atoms with Gasteiger partial charge in [-0.15, -0.1) is 0 Å². The highest BCUT2D eigenvalue weighted by Crippen LogP contribution is 2.15. The SMILES string of the molecule is CCCCCCCCOc1cc(B(O)O)ccc1F. The molecule has 0 saturated carbocycles. The Hall–Kier alpha value is -1.07. The molecule has 1 aromatic rings. The number of hydrogen-bond donors (Lipinski definition) is 2. The van der Waals surface area contributed by atoms with Crippen LogP contribution in [0.15, 0.2) is 18.2 Å². The molecule has 0 saturated heterocycles. The Kier molecular flexibility index (Phi) is 7.52. The summed E-state index contributed by atoms with van der Waals surface area (Å²) in [5, 5.41) is 18.0. The maximum absolute atomic E-state index is 13.4. The van der Waals surface area contributed by atoms with Gasteiger partial charge in [0, 0.05) is 0 Å². The summed E-state index contributed by atoms with van der Waals surface area (Å²) in [6.07, 6.45) is 6.84. The Bertz CT molecular complexity index is 372. The summed E-state index contributed by atoms with van der Waals surface area (Å²) in [6.45, 7) is 2.63. The molecule has 106 valence electrons. The first-order valence-electron chi connectivity index (χ1n) is 6.93. The lowest BCUT2D eigenvalue weighted by Gasteiger charge is -2.09. The third-order valence-corrected chi connectivity index (χ3v) is 3.01. The van der Waals surface area contributed by atoms with Crippen LogP contribution < -0.4 is 10.2 Å². The Balaban J connectivity index is 2.30. The second-order valence-corrected chi connectivity index (χ2v) is 4.68. The molecule has 0 aliphatic heterocycles. The van der Waals surface area contributed by atoms with Crippen molar-refractivity contribution in [2.24, 2.45) is 0 Å². The van der Waals surface area contributed by atoms with Gasteiger partial charge in [-0.2, -0.15) is 0 Å². The average Bonchev–Trinajstić information content (AvgIpc) is 2.39. The zero-order valence-corrected chi connectivity index (χ0v) is 11.4. The van der Waals surface area contributed by atoms with Crippen LogP contribution in [0.3, 0.4) is 0 Å². The van der Waals surface area contributed by atoms with Gasteiger partial charge in [0.05, 0.1) is 6.61 Å². The molecule has 19 heavy (non-hydrogen) atoms. The van der Waals surface area contributed by atoms with Crippen LogP contribution in [0.2, 0.25) is 0 Å². The molecule has 2 N–H and O–H groups in total. The first-order chi connectivity index (χ1) is 9.15. The van der Waals surface area contributed by atoms with E-state index in [1.54, 1.807) is 0 Å². The van der Waals surface area contributed by atoms with Gasteiger partial charge in [-0.1, -0.05) is 45.1 Å². The Labute approximate surface area is 114 Å². The standard InChI is InChI=1S/C14H22BFO3/c1-2-3-4-5-6-7-10-19-14-11-12(15(17)18)8-9-13(14)16/h8-9,11,17-18H,2-7,10H2,1H3. The molecular formula is C14H22BFO3. The van der Waals surface area contributed by atoms with Crippen molar-refractivity contribution >= 4 is 12.6 Å². The first-order valence-corrected chi connectivity index (χ1v) is 6.93. The summed E-state index contributed by atoms with van der Waals surface area (Å²) in [4.78, 5) is 0. The molecule has 3 nitrogen and oxygen atoms in total. The minimum absolute atomic E-state index is 0.0826. The largest absolute Gasteiger partial charge is 0.491 e. The van der Waals surface area contributed by atoms with Gasteiger partial charge in [0.2, 0.25) is 0 Å². The summed E-state index contributed by atoms with van der Waals surface area (Å²) in [7, 11) is -1.60. The van der Waals surface area contributed by atoms with Gasteiger partial charge in [-0.05, 0) is 24.0 Å². The highest BCUT2D eigenvalue weighted by atomic mass is 19.1. The molecule has 0 radical (unpaired) electrons. The smallest absolute Gasteiger partial charge is 0.488 e. The monoisotopic (exact) mass is 268 g/mol. The van der Waals surface area contributed by atoms with E-state index in [2.05, 4.69) is 6.92 Å². The normalized spacial score (nSPS) is 10.5. The molecular weight excluding hydrogens is 246 g/mol. The molecule has 1 rings (SSSR count). The van der Waals surface area contributed by atoms with Crippen LogP contribution in [0.5, 0.6) is 5.75 Å². The van der Waals surface area contributed by atoms with E-state index < -0.39 is 12.9 Å². The van der Waals surface area contributed by atoms with Crippen molar-refractivity contribution in [3.05, 3.63) is 24.0 Å². The van der Waals surface area contributed by atoms with Crippen LogP contribution in [0.1, 0.15) is 45.4 Å². The number of ether oxygens (including phenoxy) is 1. The molecule has 1 aromatic carbocycles. The van der Waals surface area contributed by atoms with Crippen molar-refractivity contribution in [1.82, 2.24) is 0 Å². The number of rotatable bonds is 9. The van der Waals surface area contributed by atoms with Crippen molar-refractivity contribution < 1.29 is 19.2 Å². The first kappa shape index (κ1) is 16.0. The van der Waals surface area contributed by atoms with Gasteiger partial charge in [0.25, 0.3) is 0 Å². The number of unbranched alkanes of at least 4 members (excludes halogenated alkanes) is 5. The van der Waals surface area contributed by atoms with Gasteiger partial charge in [-0.25, -0.2) is 4.39 Å². The van der Waals surface area contributed by atoms with Crippen LogP contribution in [0.4, 0.5) is 4.39 Å². The van der Waals surface area contributed by atoms with Crippen molar-refractivity contribution in [2.75, 3.05) is 6.61 Å². The van der Waals surface area contributed by atoms with Crippen molar-refractivity contribution in [3.63, 3.8) is 0 Å². The fraction of sp³-hybridized carbons (Fsp3) is 0.571. The van der Waals surface area contributed by atoms with E-state index >= 15 is 0 Å². The molecule has 0 aliphatic rings. The van der Waals surface area contributed by atoms with Crippen LogP contribution in [0.25, 0.3) is 0 Å². The highest BCUT2D eigenvalue weighted by Gasteiger charge is 2.14. The molecule has 0 amide bonds. The Morgan fingerprint density at radius 1 is 1.11 bits per heavy atom. The lowest BCUT2D eigenvalue weighted by molar-refractivity contribution is 0.290. The van der Waals surface area contributed by atoms with Crippen molar-refractivity contribution in [1.29, 1.82) is 0 Å². The van der Waals surface area contributed by atoms with Crippen molar-refractivity contribution in [2.45, 2.75) is 45.4 Å². The fourth-order valence-electron chi connectivity index (χ4n) is 1.86. The lowest BCUT2D eigenvalue weighted by Crippen LogP contribution is -2.29. The van der Waals surface area contributed by atoms with E-state index in [9.17, 15) is 4.39 Å². The summed E-state index contributed by atoms with van der Waals surface area (Å²) >= 11 is 0. The molecule has 0 bridgehead atoms. The molecule has 5 heteroatoms. The minimum atomic E-state index is -1.60. The van der Waals surface area contributed by atoms with E-state index in [0.29, 0.717) is 6.61 Å². The van der Waals surface area contributed by atoms with Gasteiger partial charge in [0.1, 0.15) is 0 Å². The van der Waals surface area contributed by atoms with Crippen LogP contribution in [-0.4, -0.2) is 23.8 Å². The Morgan fingerprint density at radius 2 is 1.79 bits per heavy atom. The van der Waals surface area contributed by atoms with Gasteiger partial charge in [0.15, 0.2) is 11.6 Å². The second kappa shape index (κ2) is 8.94. The molecule has 0 fully saturated rings. The van der Waals surface area contributed by atoms with Crippen LogP contribution in [0, 0.1) is 5.82 Å². The molecule has 0 spiro atoms. The summed E-state index contributed by atoms with van der Waals surface area (Å²) < 4.78 is 18.8. The van der Waals surface area contributed by atoms with Gasteiger partial charge in [-0.3, -0.25) is 0 Å². The molecule has 0 atom stereocenters. The van der Waals surface area contributed by atoms with E-state index in [-0.39, 0.29) is 11.2 Å². The van der Waals surface area contributed by atoms with Gasteiger partial charge < -0.3 is 14.8 Å². The molecule has 0 aliphatic carbocycles. The van der Waals surface area contributed by atoms with Crippen molar-refractivity contribution in [3.8, 4) is 5.75 Å². The fourth-order valence-corrected chi connectivity index (χ4v) is 1.86.